The van der Waals surface area contributed by atoms with Gasteiger partial charge in [-0.1, -0.05) is 61.2 Å². The molecule has 0 saturated carbocycles. The number of nitrogens with one attached hydrogen (secondary N) is 1. The summed E-state index contributed by atoms with van der Waals surface area (Å²) in [5, 5.41) is 5.77. The van der Waals surface area contributed by atoms with Crippen LogP contribution in [0.3, 0.4) is 0 Å². The van der Waals surface area contributed by atoms with Crippen LogP contribution in [-0.2, 0) is 4.57 Å². The standard InChI is InChI=1S/C20H24NO2P/c1-4-14-24(22,23)15-13-18(5-2)21-16(3)19-12-8-10-17-9-6-7-11-20(17)19/h4-13,16,21H,1-2,14-15H2,3H3,(H,22,23)/t16-/m1/s1. The van der Waals surface area contributed by atoms with Crippen LogP contribution in [0.4, 0.5) is 0 Å². The first-order valence-corrected chi connectivity index (χ1v) is 9.98. The molecule has 0 heterocycles. The zero-order chi connectivity index (χ0) is 17.6. The summed E-state index contributed by atoms with van der Waals surface area (Å²) in [7, 11) is -3.20. The predicted octanol–water partition coefficient (Wildman–Crippen LogP) is 5.02. The molecule has 0 saturated heterocycles. The number of hydrogen-bond donors (Lipinski definition) is 2. The summed E-state index contributed by atoms with van der Waals surface area (Å²) in [5.74, 6) is 0. The van der Waals surface area contributed by atoms with Crippen molar-refractivity contribution in [1.29, 1.82) is 0 Å². The van der Waals surface area contributed by atoms with Gasteiger partial charge in [-0.05, 0) is 29.3 Å². The zero-order valence-electron chi connectivity index (χ0n) is 14.0. The Morgan fingerprint density at radius 2 is 1.92 bits per heavy atom. The molecule has 3 nitrogen and oxygen atoms in total. The monoisotopic (exact) mass is 341 g/mol. The first-order valence-electron chi connectivity index (χ1n) is 7.95. The summed E-state index contributed by atoms with van der Waals surface area (Å²) in [4.78, 5) is 9.83. The molecular formula is C20H24NO2P. The van der Waals surface area contributed by atoms with Gasteiger partial charge in [-0.15, -0.1) is 6.58 Å². The molecular weight excluding hydrogens is 317 g/mol. The molecule has 0 fully saturated rings. The van der Waals surface area contributed by atoms with Crippen LogP contribution in [0.15, 0.2) is 79.5 Å². The highest BCUT2D eigenvalue weighted by Gasteiger charge is 2.15. The maximum atomic E-state index is 11.9. The summed E-state index contributed by atoms with van der Waals surface area (Å²) in [5.41, 5.74) is 1.94. The summed E-state index contributed by atoms with van der Waals surface area (Å²) in [6.07, 6.45) is 5.12. The van der Waals surface area contributed by atoms with E-state index in [1.807, 2.05) is 18.2 Å². The van der Waals surface area contributed by atoms with Gasteiger partial charge in [0.25, 0.3) is 0 Å². The van der Waals surface area contributed by atoms with Crippen molar-refractivity contribution in [2.24, 2.45) is 0 Å². The third-order valence-electron chi connectivity index (χ3n) is 3.90. The van der Waals surface area contributed by atoms with Crippen LogP contribution >= 0.6 is 7.37 Å². The van der Waals surface area contributed by atoms with Crippen molar-refractivity contribution in [1.82, 2.24) is 5.32 Å². The molecule has 24 heavy (non-hydrogen) atoms. The van der Waals surface area contributed by atoms with Crippen molar-refractivity contribution in [2.75, 3.05) is 12.3 Å². The molecule has 126 valence electrons. The summed E-state index contributed by atoms with van der Waals surface area (Å²) >= 11 is 0. The molecule has 2 aromatic carbocycles. The first-order chi connectivity index (χ1) is 11.5. The fraction of sp³-hybridized carbons (Fsp3) is 0.200. The third-order valence-corrected chi connectivity index (χ3v) is 5.49. The lowest BCUT2D eigenvalue weighted by Crippen LogP contribution is -2.17. The molecule has 0 aliphatic carbocycles. The Morgan fingerprint density at radius 3 is 2.62 bits per heavy atom. The molecule has 0 aromatic heterocycles. The van der Waals surface area contributed by atoms with Gasteiger partial charge in [0, 0.05) is 24.1 Å². The maximum absolute atomic E-state index is 11.9. The minimum atomic E-state index is -3.20. The number of rotatable bonds is 8. The van der Waals surface area contributed by atoms with Gasteiger partial charge in [0.05, 0.1) is 0 Å². The molecule has 2 N–H and O–H groups in total. The van der Waals surface area contributed by atoms with Crippen LogP contribution in [-0.4, -0.2) is 17.2 Å². The molecule has 0 spiro atoms. The second-order valence-electron chi connectivity index (χ2n) is 5.80. The van der Waals surface area contributed by atoms with Crippen molar-refractivity contribution in [3.05, 3.63) is 85.1 Å². The van der Waals surface area contributed by atoms with E-state index in [0.29, 0.717) is 0 Å². The maximum Gasteiger partial charge on any atom is 0.208 e. The normalized spacial score (nSPS) is 15.5. The van der Waals surface area contributed by atoms with E-state index in [9.17, 15) is 9.46 Å². The molecule has 4 heteroatoms. The molecule has 0 amide bonds. The van der Waals surface area contributed by atoms with E-state index in [2.05, 4.69) is 49.7 Å². The largest absolute Gasteiger partial charge is 0.379 e. The van der Waals surface area contributed by atoms with E-state index in [1.54, 1.807) is 12.2 Å². The quantitative estimate of drug-likeness (QED) is 0.403. The fourth-order valence-electron chi connectivity index (χ4n) is 2.67. The molecule has 0 aliphatic heterocycles. The Morgan fingerprint density at radius 1 is 1.21 bits per heavy atom. The highest BCUT2D eigenvalue weighted by molar-refractivity contribution is 7.58. The van der Waals surface area contributed by atoms with Gasteiger partial charge in [0.2, 0.25) is 7.37 Å². The summed E-state index contributed by atoms with van der Waals surface area (Å²) < 4.78 is 11.9. The number of hydrogen-bond acceptors (Lipinski definition) is 2. The average Bonchev–Trinajstić information content (AvgIpc) is 2.57. The Balaban J connectivity index is 2.19. The van der Waals surface area contributed by atoms with Crippen LogP contribution in [0.25, 0.3) is 10.8 Å². The van der Waals surface area contributed by atoms with E-state index in [4.69, 9.17) is 0 Å². The Labute approximate surface area is 143 Å². The van der Waals surface area contributed by atoms with Gasteiger partial charge in [-0.2, -0.15) is 0 Å². The van der Waals surface area contributed by atoms with Crippen LogP contribution < -0.4 is 5.32 Å². The molecule has 2 atom stereocenters. The molecule has 0 bridgehead atoms. The average molecular weight is 341 g/mol. The van der Waals surface area contributed by atoms with Gasteiger partial charge in [-0.3, -0.25) is 4.57 Å². The smallest absolute Gasteiger partial charge is 0.208 e. The van der Waals surface area contributed by atoms with Crippen LogP contribution in [0.2, 0.25) is 0 Å². The van der Waals surface area contributed by atoms with E-state index >= 15 is 0 Å². The van der Waals surface area contributed by atoms with E-state index < -0.39 is 7.37 Å². The minimum Gasteiger partial charge on any atom is -0.379 e. The van der Waals surface area contributed by atoms with Crippen molar-refractivity contribution in [3.8, 4) is 0 Å². The number of fused-ring (bicyclic) bond motifs is 1. The lowest BCUT2D eigenvalue weighted by atomic mass is 9.99. The second kappa shape index (κ2) is 8.14. The Kier molecular flexibility index (Phi) is 6.19. The lowest BCUT2D eigenvalue weighted by Gasteiger charge is -2.19. The molecule has 2 aromatic rings. The number of benzene rings is 2. The van der Waals surface area contributed by atoms with Crippen LogP contribution in [0, 0.1) is 0 Å². The number of allylic oxidation sites excluding steroid dienone is 3. The fourth-order valence-corrected chi connectivity index (χ4v) is 3.71. The molecule has 2 rings (SSSR count). The SMILES string of the molecule is C=CCP(=O)(O)CC=C(C=C)N[C@H](C)c1cccc2ccccc12. The van der Waals surface area contributed by atoms with Crippen molar-refractivity contribution in [2.45, 2.75) is 13.0 Å². The molecule has 0 aliphatic rings. The van der Waals surface area contributed by atoms with Gasteiger partial charge < -0.3 is 10.2 Å². The summed E-state index contributed by atoms with van der Waals surface area (Å²) in [6.45, 7) is 9.39. The van der Waals surface area contributed by atoms with E-state index in [0.717, 1.165) is 5.70 Å². The van der Waals surface area contributed by atoms with Gasteiger partial charge in [-0.25, -0.2) is 0 Å². The minimum absolute atomic E-state index is 0.0535. The van der Waals surface area contributed by atoms with Crippen LogP contribution in [0.1, 0.15) is 18.5 Å². The first kappa shape index (κ1) is 18.3. The van der Waals surface area contributed by atoms with Crippen LogP contribution in [0.5, 0.6) is 0 Å². The van der Waals surface area contributed by atoms with Crippen molar-refractivity contribution < 1.29 is 9.46 Å². The van der Waals surface area contributed by atoms with E-state index in [-0.39, 0.29) is 18.4 Å². The molecule has 1 unspecified atom stereocenters. The van der Waals surface area contributed by atoms with Gasteiger partial charge >= 0.3 is 0 Å². The van der Waals surface area contributed by atoms with Gasteiger partial charge in [0.1, 0.15) is 0 Å². The van der Waals surface area contributed by atoms with E-state index in [1.165, 1.54) is 22.4 Å². The Hall–Kier alpha value is -2.09. The summed E-state index contributed by atoms with van der Waals surface area (Å²) in [6, 6.07) is 14.5. The predicted molar refractivity (Wildman–Crippen MR) is 104 cm³/mol. The third kappa shape index (κ3) is 4.70. The van der Waals surface area contributed by atoms with Gasteiger partial charge in [0.15, 0.2) is 0 Å². The highest BCUT2D eigenvalue weighted by Crippen LogP contribution is 2.40. The second-order valence-corrected chi connectivity index (χ2v) is 8.22. The highest BCUT2D eigenvalue weighted by atomic mass is 31.2. The lowest BCUT2D eigenvalue weighted by molar-refractivity contribution is 0.484. The topological polar surface area (TPSA) is 49.3 Å². The Bertz CT molecular complexity index is 805. The zero-order valence-corrected chi connectivity index (χ0v) is 14.9. The molecule has 0 radical (unpaired) electrons. The van der Waals surface area contributed by atoms with Crippen molar-refractivity contribution >= 4 is 18.1 Å². The van der Waals surface area contributed by atoms with Crippen molar-refractivity contribution in [3.63, 3.8) is 0 Å².